The van der Waals surface area contributed by atoms with E-state index in [0.29, 0.717) is 13.0 Å². The Labute approximate surface area is 181 Å². The first-order valence-corrected chi connectivity index (χ1v) is 10.5. The SMILES string of the molecule is CC[C@H](C)[C@@H]1NC(=O)[C@H](C[C@H]2CN=C(N)N2)NC(=O)[C@H](C)NC(=O)[C@H](N)[C@H](C)OC1=O. The summed E-state index contributed by atoms with van der Waals surface area (Å²) in [6, 6.07) is -4.35. The Kier molecular flexibility index (Phi) is 8.20. The van der Waals surface area contributed by atoms with Gasteiger partial charge in [0, 0.05) is 0 Å². The van der Waals surface area contributed by atoms with E-state index in [4.69, 9.17) is 16.2 Å². The molecule has 0 aromatic rings. The van der Waals surface area contributed by atoms with Crippen molar-refractivity contribution in [3.63, 3.8) is 0 Å². The zero-order valence-electron chi connectivity index (χ0n) is 18.3. The van der Waals surface area contributed by atoms with Gasteiger partial charge in [-0.2, -0.15) is 0 Å². The van der Waals surface area contributed by atoms with E-state index < -0.39 is 54.0 Å². The van der Waals surface area contributed by atoms with Crippen LogP contribution in [0.15, 0.2) is 4.99 Å². The summed E-state index contributed by atoms with van der Waals surface area (Å²) in [6.07, 6.45) is -0.185. The molecule has 2 rings (SSSR count). The number of carbonyl (C=O) groups excluding carboxylic acids is 4. The predicted molar refractivity (Wildman–Crippen MR) is 112 cm³/mol. The van der Waals surface area contributed by atoms with Gasteiger partial charge in [-0.3, -0.25) is 19.4 Å². The summed E-state index contributed by atoms with van der Waals surface area (Å²) in [5, 5.41) is 10.8. The zero-order valence-corrected chi connectivity index (χ0v) is 18.3. The van der Waals surface area contributed by atoms with Crippen molar-refractivity contribution in [2.45, 2.75) is 76.8 Å². The number of amides is 3. The Bertz CT molecular complexity index is 743. The summed E-state index contributed by atoms with van der Waals surface area (Å²) >= 11 is 0. The molecule has 2 heterocycles. The second-order valence-corrected chi connectivity index (χ2v) is 8.13. The van der Waals surface area contributed by atoms with Crippen LogP contribution in [0.4, 0.5) is 0 Å². The first-order valence-electron chi connectivity index (χ1n) is 10.5. The third kappa shape index (κ3) is 6.29. The maximum Gasteiger partial charge on any atom is 0.329 e. The largest absolute Gasteiger partial charge is 0.459 e. The fourth-order valence-electron chi connectivity index (χ4n) is 3.30. The van der Waals surface area contributed by atoms with Gasteiger partial charge in [-0.05, 0) is 26.2 Å². The second-order valence-electron chi connectivity index (χ2n) is 8.13. The van der Waals surface area contributed by atoms with E-state index in [2.05, 4.69) is 26.3 Å². The lowest BCUT2D eigenvalue weighted by atomic mass is 9.98. The average molecular weight is 440 g/mol. The van der Waals surface area contributed by atoms with Crippen molar-refractivity contribution in [1.82, 2.24) is 21.3 Å². The summed E-state index contributed by atoms with van der Waals surface area (Å²) in [5.41, 5.74) is 11.5. The van der Waals surface area contributed by atoms with Gasteiger partial charge in [0.1, 0.15) is 30.3 Å². The molecule has 1 fully saturated rings. The van der Waals surface area contributed by atoms with Crippen molar-refractivity contribution in [2.24, 2.45) is 22.4 Å². The molecule has 0 aromatic heterocycles. The molecular formula is C19H33N7O5. The predicted octanol–water partition coefficient (Wildman–Crippen LogP) is -2.54. The van der Waals surface area contributed by atoms with E-state index in [9.17, 15) is 19.2 Å². The molecule has 0 saturated carbocycles. The monoisotopic (exact) mass is 439 g/mol. The fraction of sp³-hybridized carbons (Fsp3) is 0.737. The maximum atomic E-state index is 13.1. The summed E-state index contributed by atoms with van der Waals surface area (Å²) in [6.45, 7) is 6.98. The number of nitrogens with zero attached hydrogens (tertiary/aromatic N) is 1. The number of nitrogens with two attached hydrogens (primary N) is 2. The Balaban J connectivity index is 2.31. The number of carbonyl (C=O) groups is 4. The fourth-order valence-corrected chi connectivity index (χ4v) is 3.30. The molecule has 0 unspecified atom stereocenters. The van der Waals surface area contributed by atoms with Crippen molar-refractivity contribution in [3.8, 4) is 0 Å². The summed E-state index contributed by atoms with van der Waals surface area (Å²) in [7, 11) is 0. The third-order valence-electron chi connectivity index (χ3n) is 5.61. The van der Waals surface area contributed by atoms with Gasteiger partial charge < -0.3 is 37.5 Å². The van der Waals surface area contributed by atoms with Gasteiger partial charge in [0.25, 0.3) is 0 Å². The number of cyclic esters (lactones) is 1. The van der Waals surface area contributed by atoms with Crippen molar-refractivity contribution < 1.29 is 23.9 Å². The minimum absolute atomic E-state index is 0.181. The highest BCUT2D eigenvalue weighted by Crippen LogP contribution is 2.14. The van der Waals surface area contributed by atoms with Crippen LogP contribution in [0.3, 0.4) is 0 Å². The molecule has 174 valence electrons. The Morgan fingerprint density at radius 1 is 1.06 bits per heavy atom. The highest BCUT2D eigenvalue weighted by molar-refractivity contribution is 5.94. The molecule has 2 aliphatic heterocycles. The van der Waals surface area contributed by atoms with E-state index in [1.54, 1.807) is 6.92 Å². The number of ether oxygens (including phenoxy) is 1. The number of guanidine groups is 1. The molecule has 2 aliphatic rings. The number of hydrogen-bond acceptors (Lipinski definition) is 9. The van der Waals surface area contributed by atoms with Crippen LogP contribution in [0, 0.1) is 5.92 Å². The molecule has 12 nitrogen and oxygen atoms in total. The maximum absolute atomic E-state index is 13.1. The van der Waals surface area contributed by atoms with Crippen molar-refractivity contribution in [3.05, 3.63) is 0 Å². The molecule has 0 aliphatic carbocycles. The first kappa shape index (κ1) is 24.4. The van der Waals surface area contributed by atoms with Gasteiger partial charge in [-0.15, -0.1) is 0 Å². The van der Waals surface area contributed by atoms with Crippen LogP contribution in [0.5, 0.6) is 0 Å². The molecule has 8 N–H and O–H groups in total. The number of aliphatic imine (C=N–C) groups is 1. The van der Waals surface area contributed by atoms with E-state index in [0.717, 1.165) is 0 Å². The van der Waals surface area contributed by atoms with E-state index >= 15 is 0 Å². The molecule has 12 heteroatoms. The highest BCUT2D eigenvalue weighted by atomic mass is 16.5. The lowest BCUT2D eigenvalue weighted by molar-refractivity contribution is -0.155. The van der Waals surface area contributed by atoms with Crippen LogP contribution in [-0.2, 0) is 23.9 Å². The third-order valence-corrected chi connectivity index (χ3v) is 5.61. The van der Waals surface area contributed by atoms with Gasteiger partial charge in [-0.25, -0.2) is 4.79 Å². The van der Waals surface area contributed by atoms with Crippen molar-refractivity contribution in [2.75, 3.05) is 6.54 Å². The lowest BCUT2D eigenvalue weighted by Gasteiger charge is -2.28. The van der Waals surface area contributed by atoms with Crippen LogP contribution in [-0.4, -0.2) is 72.5 Å². The Morgan fingerprint density at radius 3 is 2.32 bits per heavy atom. The number of hydrogen-bond donors (Lipinski definition) is 6. The smallest absolute Gasteiger partial charge is 0.329 e. The van der Waals surface area contributed by atoms with E-state index in [1.165, 1.54) is 13.8 Å². The van der Waals surface area contributed by atoms with Crippen LogP contribution in [0.1, 0.15) is 40.5 Å². The van der Waals surface area contributed by atoms with Crippen molar-refractivity contribution in [1.29, 1.82) is 0 Å². The van der Waals surface area contributed by atoms with Gasteiger partial charge >= 0.3 is 5.97 Å². The molecule has 3 amide bonds. The van der Waals surface area contributed by atoms with E-state index in [1.807, 2.05) is 6.92 Å². The number of rotatable bonds is 4. The highest BCUT2D eigenvalue weighted by Gasteiger charge is 2.36. The molecule has 1 saturated heterocycles. The van der Waals surface area contributed by atoms with Gasteiger partial charge in [0.15, 0.2) is 5.96 Å². The normalized spacial score (nSPS) is 33.9. The molecular weight excluding hydrogens is 406 g/mol. The minimum atomic E-state index is -1.17. The Hall–Kier alpha value is -2.89. The number of nitrogens with one attached hydrogen (secondary N) is 4. The minimum Gasteiger partial charge on any atom is -0.459 e. The van der Waals surface area contributed by atoms with Gasteiger partial charge in [-0.1, -0.05) is 20.3 Å². The average Bonchev–Trinajstić information content (AvgIpc) is 3.13. The first-order chi connectivity index (χ1) is 14.5. The standard InChI is InChI=1S/C19H33N7O5/c1-5-8(2)14-18(30)31-10(4)13(20)17(29)23-9(3)15(27)25-12(16(28)26-14)6-11-7-22-19(21)24-11/h8-14H,5-7,20H2,1-4H3,(H,23,29)(H,25,27)(H,26,28)(H3,21,22,24)/t8-,9-,10-,11-,12-,13+,14-/m0/s1. The summed E-state index contributed by atoms with van der Waals surface area (Å²) < 4.78 is 5.38. The molecule has 0 aromatic carbocycles. The molecule has 31 heavy (non-hydrogen) atoms. The summed E-state index contributed by atoms with van der Waals surface area (Å²) in [5.74, 6) is -2.44. The van der Waals surface area contributed by atoms with Gasteiger partial charge in [0.05, 0.1) is 12.6 Å². The van der Waals surface area contributed by atoms with Crippen molar-refractivity contribution >= 4 is 29.7 Å². The second kappa shape index (κ2) is 10.4. The Morgan fingerprint density at radius 2 is 1.74 bits per heavy atom. The summed E-state index contributed by atoms with van der Waals surface area (Å²) in [4.78, 5) is 55.0. The van der Waals surface area contributed by atoms with Crippen LogP contribution >= 0.6 is 0 Å². The van der Waals surface area contributed by atoms with Crippen LogP contribution < -0.4 is 32.7 Å². The van der Waals surface area contributed by atoms with E-state index in [-0.39, 0.29) is 24.3 Å². The topological polar surface area (TPSA) is 190 Å². The number of esters is 1. The van der Waals surface area contributed by atoms with Crippen LogP contribution in [0.25, 0.3) is 0 Å². The lowest BCUT2D eigenvalue weighted by Crippen LogP contribution is -2.57. The zero-order chi connectivity index (χ0) is 23.3. The molecule has 0 spiro atoms. The molecule has 0 bridgehead atoms. The molecule has 7 atom stereocenters. The quantitative estimate of drug-likeness (QED) is 0.258. The molecule has 0 radical (unpaired) electrons. The van der Waals surface area contributed by atoms with Gasteiger partial charge in [0.2, 0.25) is 17.7 Å². The van der Waals surface area contributed by atoms with Crippen LogP contribution in [0.2, 0.25) is 0 Å².